The molecule has 1 aliphatic rings. The van der Waals surface area contributed by atoms with Crippen molar-refractivity contribution >= 4 is 6.03 Å². The van der Waals surface area contributed by atoms with E-state index in [0.717, 1.165) is 50.3 Å². The van der Waals surface area contributed by atoms with Gasteiger partial charge in [0.05, 0.1) is 12.1 Å². The number of rotatable bonds is 7. The Balaban J connectivity index is 1.88. The van der Waals surface area contributed by atoms with Crippen LogP contribution in [0, 0.1) is 5.92 Å². The summed E-state index contributed by atoms with van der Waals surface area (Å²) in [6.07, 6.45) is 3.95. The fourth-order valence-electron chi connectivity index (χ4n) is 3.09. The lowest BCUT2D eigenvalue weighted by atomic mass is 9.97. The molecule has 2 unspecified atom stereocenters. The maximum atomic E-state index is 12.1. The highest BCUT2D eigenvalue weighted by atomic mass is 16.3. The molecular weight excluding hydrogens is 294 g/mol. The van der Waals surface area contributed by atoms with Crippen LogP contribution in [0.3, 0.4) is 0 Å². The number of aliphatic hydroxyl groups excluding tert-OH is 1. The molecule has 130 valence electrons. The van der Waals surface area contributed by atoms with Crippen molar-refractivity contribution in [1.82, 2.24) is 25.4 Å². The van der Waals surface area contributed by atoms with Gasteiger partial charge in [0.15, 0.2) is 5.82 Å². The van der Waals surface area contributed by atoms with Crippen LogP contribution in [0.4, 0.5) is 4.79 Å². The molecule has 3 N–H and O–H groups in total. The minimum absolute atomic E-state index is 0.109. The molecule has 0 saturated carbocycles. The summed E-state index contributed by atoms with van der Waals surface area (Å²) in [6.45, 7) is 7.26. The lowest BCUT2D eigenvalue weighted by molar-refractivity contribution is 0.103. The highest BCUT2D eigenvalue weighted by Gasteiger charge is 2.25. The van der Waals surface area contributed by atoms with Crippen LogP contribution in [-0.4, -0.2) is 38.6 Å². The van der Waals surface area contributed by atoms with Crippen LogP contribution in [0.1, 0.15) is 64.1 Å². The van der Waals surface area contributed by atoms with E-state index in [9.17, 15) is 9.90 Å². The fraction of sp³-hybridized carbons (Fsp3) is 0.812. The number of hydrogen-bond acceptors (Lipinski definition) is 4. The largest absolute Gasteiger partial charge is 0.391 e. The smallest absolute Gasteiger partial charge is 0.315 e. The Morgan fingerprint density at radius 2 is 2.13 bits per heavy atom. The quantitative estimate of drug-likeness (QED) is 0.713. The van der Waals surface area contributed by atoms with E-state index in [2.05, 4.69) is 34.6 Å². The molecule has 0 spiro atoms. The van der Waals surface area contributed by atoms with Gasteiger partial charge < -0.3 is 15.7 Å². The van der Waals surface area contributed by atoms with Gasteiger partial charge in [0, 0.05) is 19.5 Å². The topological polar surface area (TPSA) is 92.1 Å². The molecule has 2 heterocycles. The average molecular weight is 323 g/mol. The van der Waals surface area contributed by atoms with Gasteiger partial charge >= 0.3 is 6.03 Å². The monoisotopic (exact) mass is 323 g/mol. The summed E-state index contributed by atoms with van der Waals surface area (Å²) >= 11 is 0. The number of fused-ring (bicyclic) bond motifs is 1. The number of hydrogen-bond donors (Lipinski definition) is 3. The van der Waals surface area contributed by atoms with E-state index in [1.165, 1.54) is 0 Å². The van der Waals surface area contributed by atoms with Crippen LogP contribution in [0.5, 0.6) is 0 Å². The second kappa shape index (κ2) is 8.29. The minimum Gasteiger partial charge on any atom is -0.391 e. The highest BCUT2D eigenvalue weighted by molar-refractivity contribution is 5.74. The third-order valence-corrected chi connectivity index (χ3v) is 4.60. The zero-order valence-electron chi connectivity index (χ0n) is 14.4. The Morgan fingerprint density at radius 3 is 2.78 bits per heavy atom. The van der Waals surface area contributed by atoms with E-state index >= 15 is 0 Å². The van der Waals surface area contributed by atoms with Gasteiger partial charge in [-0.25, -0.2) is 14.5 Å². The van der Waals surface area contributed by atoms with Crippen LogP contribution in [0.2, 0.25) is 0 Å². The number of nitrogens with one attached hydrogen (secondary N) is 2. The molecule has 2 amide bonds. The van der Waals surface area contributed by atoms with Gasteiger partial charge in [0.1, 0.15) is 5.82 Å². The highest BCUT2D eigenvalue weighted by Crippen LogP contribution is 2.23. The van der Waals surface area contributed by atoms with Crippen LogP contribution < -0.4 is 10.6 Å². The second-order valence-electron chi connectivity index (χ2n) is 6.16. The molecule has 0 saturated heterocycles. The summed E-state index contributed by atoms with van der Waals surface area (Å²) in [5.41, 5.74) is 0. The second-order valence-corrected chi connectivity index (χ2v) is 6.16. The van der Waals surface area contributed by atoms with E-state index < -0.39 is 6.10 Å². The predicted octanol–water partition coefficient (Wildman–Crippen LogP) is 1.77. The van der Waals surface area contributed by atoms with Gasteiger partial charge in [-0.05, 0) is 18.8 Å². The number of carbonyl (C=O) groups is 1. The van der Waals surface area contributed by atoms with Crippen molar-refractivity contribution in [2.75, 3.05) is 6.54 Å². The third-order valence-electron chi connectivity index (χ3n) is 4.60. The zero-order valence-corrected chi connectivity index (χ0v) is 14.4. The third kappa shape index (κ3) is 4.43. The molecule has 1 aromatic heterocycles. The van der Waals surface area contributed by atoms with Crippen LogP contribution in [0.15, 0.2) is 0 Å². The first-order valence-electron chi connectivity index (χ1n) is 8.75. The van der Waals surface area contributed by atoms with Crippen molar-refractivity contribution in [3.05, 3.63) is 11.6 Å². The molecule has 7 heteroatoms. The van der Waals surface area contributed by atoms with E-state index in [1.54, 1.807) is 0 Å². The van der Waals surface area contributed by atoms with Crippen molar-refractivity contribution < 1.29 is 9.90 Å². The number of carbonyl (C=O) groups excluding carboxylic acids is 1. The van der Waals surface area contributed by atoms with Crippen molar-refractivity contribution in [1.29, 1.82) is 0 Å². The van der Waals surface area contributed by atoms with Crippen LogP contribution in [-0.2, 0) is 13.0 Å². The number of urea groups is 1. The molecule has 1 aliphatic heterocycles. The Hall–Kier alpha value is -1.63. The number of aromatic nitrogens is 3. The van der Waals surface area contributed by atoms with Gasteiger partial charge in [-0.2, -0.15) is 5.10 Å². The summed E-state index contributed by atoms with van der Waals surface area (Å²) < 4.78 is 1.90. The SMILES string of the molecule is CCc1nc2n(n1)CCCC2NC(=O)NCC(O)C(CC)CC. The standard InChI is InChI=1S/C16H29N5O2/c1-4-11(5-2)13(22)10-17-16(23)18-12-8-7-9-21-15(12)19-14(6-3)20-21/h11-13,22H,4-10H2,1-3H3,(H2,17,18,23). The molecule has 0 bridgehead atoms. The van der Waals surface area contributed by atoms with Crippen molar-refractivity contribution in [3.8, 4) is 0 Å². The first kappa shape index (κ1) is 17.7. The molecule has 7 nitrogen and oxygen atoms in total. The lowest BCUT2D eigenvalue weighted by Gasteiger charge is -2.24. The van der Waals surface area contributed by atoms with Gasteiger partial charge in [0.2, 0.25) is 0 Å². The molecule has 0 aliphatic carbocycles. The molecule has 2 rings (SSSR count). The molecule has 23 heavy (non-hydrogen) atoms. The van der Waals surface area contributed by atoms with Gasteiger partial charge in [-0.15, -0.1) is 0 Å². The first-order chi connectivity index (χ1) is 11.1. The van der Waals surface area contributed by atoms with E-state index in [0.29, 0.717) is 0 Å². The molecule has 0 fully saturated rings. The van der Waals surface area contributed by atoms with Crippen LogP contribution >= 0.6 is 0 Å². The van der Waals surface area contributed by atoms with Crippen LogP contribution in [0.25, 0.3) is 0 Å². The van der Waals surface area contributed by atoms with Crippen molar-refractivity contribution in [3.63, 3.8) is 0 Å². The van der Waals surface area contributed by atoms with E-state index in [-0.39, 0.29) is 24.5 Å². The number of aliphatic hydroxyl groups is 1. The molecule has 1 aromatic rings. The fourth-order valence-corrected chi connectivity index (χ4v) is 3.09. The van der Waals surface area contributed by atoms with Crippen molar-refractivity contribution in [2.24, 2.45) is 5.92 Å². The number of aryl methyl sites for hydroxylation is 2. The zero-order chi connectivity index (χ0) is 16.8. The molecule has 2 atom stereocenters. The number of nitrogens with zero attached hydrogens (tertiary/aromatic N) is 3. The van der Waals surface area contributed by atoms with Gasteiger partial charge in [-0.3, -0.25) is 0 Å². The Morgan fingerprint density at radius 1 is 1.39 bits per heavy atom. The maximum Gasteiger partial charge on any atom is 0.315 e. The lowest BCUT2D eigenvalue weighted by Crippen LogP contribution is -2.44. The summed E-state index contributed by atoms with van der Waals surface area (Å²) in [5, 5.41) is 20.3. The van der Waals surface area contributed by atoms with Crippen molar-refractivity contribution in [2.45, 2.75) is 71.6 Å². The summed E-state index contributed by atoms with van der Waals surface area (Å²) in [7, 11) is 0. The Bertz CT molecular complexity index is 513. The number of amides is 2. The Labute approximate surface area is 137 Å². The average Bonchev–Trinajstić information content (AvgIpc) is 2.98. The molecule has 0 radical (unpaired) electrons. The molecule has 0 aromatic carbocycles. The summed E-state index contributed by atoms with van der Waals surface area (Å²) in [6, 6.07) is -0.364. The van der Waals surface area contributed by atoms with E-state index in [4.69, 9.17) is 0 Å². The predicted molar refractivity (Wildman–Crippen MR) is 88.0 cm³/mol. The first-order valence-corrected chi connectivity index (χ1v) is 8.75. The van der Waals surface area contributed by atoms with Gasteiger partial charge in [-0.1, -0.05) is 33.6 Å². The normalized spacial score (nSPS) is 18.6. The molecular formula is C16H29N5O2. The van der Waals surface area contributed by atoms with Gasteiger partial charge in [0.25, 0.3) is 0 Å². The Kier molecular flexibility index (Phi) is 6.38. The van der Waals surface area contributed by atoms with E-state index in [1.807, 2.05) is 11.6 Å². The summed E-state index contributed by atoms with van der Waals surface area (Å²) in [5.74, 6) is 1.88. The summed E-state index contributed by atoms with van der Waals surface area (Å²) in [4.78, 5) is 16.6. The minimum atomic E-state index is -0.502. The maximum absolute atomic E-state index is 12.1.